The second-order valence-electron chi connectivity index (χ2n) is 6.33. The van der Waals surface area contributed by atoms with Crippen LogP contribution in [0.2, 0.25) is 0 Å². The Bertz CT molecular complexity index is 548. The topological polar surface area (TPSA) is 67.9 Å². The van der Waals surface area contributed by atoms with Gasteiger partial charge in [-0.25, -0.2) is 0 Å². The van der Waals surface area contributed by atoms with Crippen molar-refractivity contribution in [3.63, 3.8) is 0 Å². The molecule has 1 amide bonds. The van der Waals surface area contributed by atoms with Crippen LogP contribution < -0.4 is 5.73 Å². The van der Waals surface area contributed by atoms with Gasteiger partial charge in [0.25, 0.3) is 5.91 Å². The van der Waals surface area contributed by atoms with Crippen molar-refractivity contribution in [2.45, 2.75) is 58.1 Å². The number of hydrogen-bond acceptors (Lipinski definition) is 3. The van der Waals surface area contributed by atoms with E-state index < -0.39 is 6.10 Å². The second-order valence-corrected chi connectivity index (χ2v) is 6.33. The smallest absolute Gasteiger partial charge is 0.266 e. The molecule has 5 nitrogen and oxygen atoms in total. The summed E-state index contributed by atoms with van der Waals surface area (Å²) >= 11 is 0. The van der Waals surface area contributed by atoms with Crippen LogP contribution in [0.25, 0.3) is 0 Å². The number of nitrogens with zero attached hydrogens (tertiary/aromatic N) is 2. The first kappa shape index (κ1) is 17.3. The Hall–Kier alpha value is -2.04. The summed E-state index contributed by atoms with van der Waals surface area (Å²) in [6.45, 7) is 3.73. The highest BCUT2D eigenvalue weighted by Crippen LogP contribution is 2.22. The number of nitrogens with two attached hydrogens (primary N) is 1. The third kappa shape index (κ3) is 4.71. The van der Waals surface area contributed by atoms with Gasteiger partial charge in [0.15, 0.2) is 5.84 Å². The summed E-state index contributed by atoms with van der Waals surface area (Å²) in [6.07, 6.45) is 5.16. The van der Waals surface area contributed by atoms with Gasteiger partial charge in [0.2, 0.25) is 6.10 Å². The number of rotatable bonds is 5. The number of aryl methyl sites for hydroxylation is 1. The van der Waals surface area contributed by atoms with Gasteiger partial charge < -0.3 is 15.5 Å². The molecule has 0 radical (unpaired) electrons. The number of amidine groups is 1. The molecule has 2 rings (SSSR count). The normalized spacial score (nSPS) is 17.6. The van der Waals surface area contributed by atoms with Crippen molar-refractivity contribution in [3.05, 3.63) is 35.4 Å². The fourth-order valence-corrected chi connectivity index (χ4v) is 2.89. The van der Waals surface area contributed by atoms with E-state index >= 15 is 0 Å². The van der Waals surface area contributed by atoms with Crippen LogP contribution in [0.4, 0.5) is 0 Å². The van der Waals surface area contributed by atoms with Gasteiger partial charge in [-0.1, -0.05) is 54.2 Å². The summed E-state index contributed by atoms with van der Waals surface area (Å²) in [5.41, 5.74) is 7.85. The molecule has 1 aliphatic carbocycles. The Kier molecular flexibility index (Phi) is 6.02. The van der Waals surface area contributed by atoms with Crippen LogP contribution in [0.3, 0.4) is 0 Å². The first-order valence-electron chi connectivity index (χ1n) is 8.32. The van der Waals surface area contributed by atoms with E-state index in [4.69, 9.17) is 10.6 Å². The van der Waals surface area contributed by atoms with Gasteiger partial charge >= 0.3 is 0 Å². The predicted molar refractivity (Wildman–Crippen MR) is 92.1 cm³/mol. The van der Waals surface area contributed by atoms with E-state index in [9.17, 15) is 4.79 Å². The monoisotopic (exact) mass is 317 g/mol. The van der Waals surface area contributed by atoms with E-state index in [2.05, 4.69) is 5.16 Å². The van der Waals surface area contributed by atoms with Crippen molar-refractivity contribution in [1.82, 2.24) is 4.90 Å². The van der Waals surface area contributed by atoms with E-state index in [1.807, 2.05) is 38.2 Å². The van der Waals surface area contributed by atoms with Gasteiger partial charge in [-0.3, -0.25) is 4.79 Å². The summed E-state index contributed by atoms with van der Waals surface area (Å²) in [5.74, 6) is 0.238. The molecule has 1 aromatic carbocycles. The molecular weight excluding hydrogens is 290 g/mol. The van der Waals surface area contributed by atoms with E-state index in [1.54, 1.807) is 11.8 Å². The zero-order valence-corrected chi connectivity index (χ0v) is 14.3. The number of carbonyl (C=O) groups excluding carboxylic acids is 1. The van der Waals surface area contributed by atoms with Crippen molar-refractivity contribution in [2.24, 2.45) is 10.9 Å². The van der Waals surface area contributed by atoms with E-state index in [0.717, 1.165) is 24.0 Å². The number of benzene rings is 1. The summed E-state index contributed by atoms with van der Waals surface area (Å²) in [4.78, 5) is 19.6. The first-order valence-corrected chi connectivity index (χ1v) is 8.32. The summed E-state index contributed by atoms with van der Waals surface area (Å²) in [7, 11) is 1.85. The fraction of sp³-hybridized carbons (Fsp3) is 0.556. The summed E-state index contributed by atoms with van der Waals surface area (Å²) in [5, 5.41) is 3.92. The van der Waals surface area contributed by atoms with E-state index in [-0.39, 0.29) is 11.7 Å². The molecule has 1 aromatic rings. The van der Waals surface area contributed by atoms with Crippen LogP contribution in [0.5, 0.6) is 0 Å². The lowest BCUT2D eigenvalue weighted by atomic mass is 9.94. The Labute approximate surface area is 138 Å². The molecule has 1 unspecified atom stereocenters. The molecule has 0 aliphatic heterocycles. The molecule has 0 bridgehead atoms. The Morgan fingerprint density at radius 3 is 2.48 bits per heavy atom. The highest BCUT2D eigenvalue weighted by atomic mass is 16.6. The summed E-state index contributed by atoms with van der Waals surface area (Å²) in [6, 6.07) is 8.02. The van der Waals surface area contributed by atoms with Gasteiger partial charge in [0.05, 0.1) is 0 Å². The van der Waals surface area contributed by atoms with Crippen molar-refractivity contribution in [1.29, 1.82) is 0 Å². The zero-order valence-electron chi connectivity index (χ0n) is 14.3. The molecular formula is C18H27N3O2. The zero-order chi connectivity index (χ0) is 16.8. The van der Waals surface area contributed by atoms with Crippen LogP contribution in [0.15, 0.2) is 29.4 Å². The molecule has 0 heterocycles. The van der Waals surface area contributed by atoms with Crippen LogP contribution in [0.1, 0.15) is 50.2 Å². The van der Waals surface area contributed by atoms with Crippen LogP contribution in [-0.2, 0) is 9.63 Å². The van der Waals surface area contributed by atoms with E-state index in [1.165, 1.54) is 19.3 Å². The van der Waals surface area contributed by atoms with Gasteiger partial charge in [0.1, 0.15) is 0 Å². The third-order valence-electron chi connectivity index (χ3n) is 4.47. The molecule has 0 saturated heterocycles. The maximum absolute atomic E-state index is 12.4. The number of oxime groups is 1. The quantitative estimate of drug-likeness (QED) is 0.516. The highest BCUT2D eigenvalue weighted by molar-refractivity contribution is 5.97. The number of carbonyl (C=O) groups is 1. The van der Waals surface area contributed by atoms with Gasteiger partial charge in [-0.05, 0) is 26.7 Å². The van der Waals surface area contributed by atoms with E-state index in [0.29, 0.717) is 6.04 Å². The minimum absolute atomic E-state index is 0.0441. The average Bonchev–Trinajstić information content (AvgIpc) is 2.59. The lowest BCUT2D eigenvalue weighted by Crippen LogP contribution is -2.43. The van der Waals surface area contributed by atoms with Crippen molar-refractivity contribution in [2.75, 3.05) is 7.05 Å². The van der Waals surface area contributed by atoms with Crippen LogP contribution >= 0.6 is 0 Å². The van der Waals surface area contributed by atoms with Gasteiger partial charge in [-0.2, -0.15) is 0 Å². The molecule has 23 heavy (non-hydrogen) atoms. The van der Waals surface area contributed by atoms with Crippen molar-refractivity contribution >= 4 is 11.7 Å². The van der Waals surface area contributed by atoms with Crippen molar-refractivity contribution in [3.8, 4) is 0 Å². The average molecular weight is 317 g/mol. The fourth-order valence-electron chi connectivity index (χ4n) is 2.89. The minimum atomic E-state index is -0.633. The molecule has 0 spiro atoms. The molecule has 1 fully saturated rings. The second kappa shape index (κ2) is 7.99. The van der Waals surface area contributed by atoms with Crippen molar-refractivity contribution < 1.29 is 9.63 Å². The molecule has 1 aliphatic rings. The molecule has 0 aromatic heterocycles. The molecule has 126 valence electrons. The highest BCUT2D eigenvalue weighted by Gasteiger charge is 2.26. The molecule has 2 N–H and O–H groups in total. The lowest BCUT2D eigenvalue weighted by molar-refractivity contribution is -0.144. The molecule has 1 atom stereocenters. The molecule has 1 saturated carbocycles. The van der Waals surface area contributed by atoms with Gasteiger partial charge in [-0.15, -0.1) is 0 Å². The van der Waals surface area contributed by atoms with Gasteiger partial charge in [0, 0.05) is 18.7 Å². The van der Waals surface area contributed by atoms with Crippen LogP contribution in [0, 0.1) is 6.92 Å². The Balaban J connectivity index is 1.92. The molecule has 5 heteroatoms. The largest absolute Gasteiger partial charge is 0.381 e. The number of hydrogen-bond donors (Lipinski definition) is 1. The third-order valence-corrected chi connectivity index (χ3v) is 4.47. The Morgan fingerprint density at radius 2 is 1.87 bits per heavy atom. The first-order chi connectivity index (χ1) is 11.0. The Morgan fingerprint density at radius 1 is 1.26 bits per heavy atom. The summed E-state index contributed by atoms with van der Waals surface area (Å²) < 4.78 is 0. The minimum Gasteiger partial charge on any atom is -0.381 e. The predicted octanol–water partition coefficient (Wildman–Crippen LogP) is 2.81. The standard InChI is InChI=1S/C18H27N3O2/c1-13-9-11-15(12-10-13)17(19)20-23-14(2)18(22)21(3)16-7-5-4-6-8-16/h9-12,14,16H,4-8H2,1-3H3,(H2,19,20). The van der Waals surface area contributed by atoms with Crippen LogP contribution in [-0.4, -0.2) is 35.8 Å². The maximum Gasteiger partial charge on any atom is 0.266 e. The maximum atomic E-state index is 12.4. The number of likely N-dealkylation sites (N-methyl/N-ethyl adjacent to an activating group) is 1. The number of amides is 1. The lowest BCUT2D eigenvalue weighted by Gasteiger charge is -2.32. The SMILES string of the molecule is Cc1ccc(/C(N)=N/OC(C)C(=O)N(C)C2CCCCC2)cc1.